The largest absolute Gasteiger partial charge is 0.354 e. The molecule has 0 atom stereocenters. The Hall–Kier alpha value is -1.95. The average molecular weight is 311 g/mol. The van der Waals surface area contributed by atoms with Gasteiger partial charge in [-0.15, -0.1) is 0 Å². The number of non-ortho nitro benzene ring substituents is 1. The van der Waals surface area contributed by atoms with Gasteiger partial charge in [-0.2, -0.15) is 0 Å². The molecule has 6 heteroatoms. The van der Waals surface area contributed by atoms with Gasteiger partial charge in [-0.05, 0) is 34.1 Å². The van der Waals surface area contributed by atoms with Crippen molar-refractivity contribution in [2.24, 2.45) is 0 Å². The lowest BCUT2D eigenvalue weighted by molar-refractivity contribution is -0.385. The lowest BCUT2D eigenvalue weighted by Crippen LogP contribution is -1.95. The predicted octanol–water partition coefficient (Wildman–Crippen LogP) is 4.24. The second kappa shape index (κ2) is 5.14. The second-order valence-electron chi connectivity index (χ2n) is 3.56. The van der Waals surface area contributed by atoms with Gasteiger partial charge in [-0.3, -0.25) is 10.1 Å². The Kier molecular flexibility index (Phi) is 3.57. The van der Waals surface area contributed by atoms with Crippen LogP contribution in [0.2, 0.25) is 0 Å². The molecule has 92 valence electrons. The molecule has 0 radical (unpaired) electrons. The minimum atomic E-state index is -0.654. The first-order valence-corrected chi connectivity index (χ1v) is 5.82. The van der Waals surface area contributed by atoms with Crippen LogP contribution in [0.3, 0.4) is 0 Å². The summed E-state index contributed by atoms with van der Waals surface area (Å²) in [7, 11) is 0. The predicted molar refractivity (Wildman–Crippen MR) is 70.5 cm³/mol. The van der Waals surface area contributed by atoms with Gasteiger partial charge in [0.1, 0.15) is 5.82 Å². The Morgan fingerprint density at radius 3 is 2.61 bits per heavy atom. The molecule has 0 aliphatic rings. The highest BCUT2D eigenvalue weighted by atomic mass is 79.9. The number of hydrogen-bond donors (Lipinski definition) is 1. The third kappa shape index (κ3) is 2.84. The van der Waals surface area contributed by atoms with E-state index >= 15 is 0 Å². The number of nitro benzene ring substituents is 1. The standard InChI is InChI=1S/C12H8BrFN2O2/c13-11-3-1-2-4-12(11)15-9-5-8(14)6-10(7-9)16(17)18/h1-7,15H. The van der Waals surface area contributed by atoms with Crippen LogP contribution in [0.15, 0.2) is 46.9 Å². The Morgan fingerprint density at radius 1 is 1.22 bits per heavy atom. The fourth-order valence-electron chi connectivity index (χ4n) is 1.47. The molecule has 4 nitrogen and oxygen atoms in total. The molecule has 0 amide bonds. The molecule has 0 unspecified atom stereocenters. The van der Waals surface area contributed by atoms with E-state index in [1.54, 1.807) is 12.1 Å². The van der Waals surface area contributed by atoms with E-state index in [4.69, 9.17) is 0 Å². The lowest BCUT2D eigenvalue weighted by Gasteiger charge is -2.08. The van der Waals surface area contributed by atoms with Crippen LogP contribution in [0, 0.1) is 15.9 Å². The lowest BCUT2D eigenvalue weighted by atomic mass is 10.2. The fraction of sp³-hybridized carbons (Fsp3) is 0. The Balaban J connectivity index is 2.35. The maximum Gasteiger partial charge on any atom is 0.274 e. The highest BCUT2D eigenvalue weighted by Crippen LogP contribution is 2.27. The Labute approximate surface area is 111 Å². The molecule has 0 aromatic heterocycles. The SMILES string of the molecule is O=[N+]([O-])c1cc(F)cc(Nc2ccccc2Br)c1. The number of nitrogens with zero attached hydrogens (tertiary/aromatic N) is 1. The molecule has 18 heavy (non-hydrogen) atoms. The van der Waals surface area contributed by atoms with Gasteiger partial charge in [-0.25, -0.2) is 4.39 Å². The summed E-state index contributed by atoms with van der Waals surface area (Å²) in [4.78, 5) is 10.00. The van der Waals surface area contributed by atoms with E-state index in [9.17, 15) is 14.5 Å². The summed E-state index contributed by atoms with van der Waals surface area (Å²) in [5.74, 6) is -0.654. The molecule has 0 spiro atoms. The molecule has 0 saturated heterocycles. The molecule has 0 bridgehead atoms. The third-order valence-corrected chi connectivity index (χ3v) is 2.94. The maximum atomic E-state index is 13.2. The van der Waals surface area contributed by atoms with Crippen molar-refractivity contribution in [3.63, 3.8) is 0 Å². The van der Waals surface area contributed by atoms with E-state index in [1.165, 1.54) is 12.1 Å². The van der Waals surface area contributed by atoms with Crippen molar-refractivity contribution in [3.8, 4) is 0 Å². The van der Waals surface area contributed by atoms with Crippen LogP contribution < -0.4 is 5.32 Å². The molecule has 1 N–H and O–H groups in total. The zero-order chi connectivity index (χ0) is 13.1. The second-order valence-corrected chi connectivity index (χ2v) is 4.41. The summed E-state index contributed by atoms with van der Waals surface area (Å²) in [6.07, 6.45) is 0. The van der Waals surface area contributed by atoms with Crippen molar-refractivity contribution in [2.75, 3.05) is 5.32 Å². The summed E-state index contributed by atoms with van der Waals surface area (Å²) in [5.41, 5.74) is 0.746. The number of rotatable bonds is 3. The van der Waals surface area contributed by atoms with Gasteiger partial charge in [0, 0.05) is 16.2 Å². The van der Waals surface area contributed by atoms with Crippen molar-refractivity contribution in [3.05, 3.63) is 62.9 Å². The molecule has 2 aromatic rings. The molecule has 0 aliphatic heterocycles. The molecule has 2 rings (SSSR count). The third-order valence-electron chi connectivity index (χ3n) is 2.25. The van der Waals surface area contributed by atoms with E-state index in [0.29, 0.717) is 11.4 Å². The van der Waals surface area contributed by atoms with Gasteiger partial charge in [0.15, 0.2) is 0 Å². The summed E-state index contributed by atoms with van der Waals surface area (Å²) >= 11 is 3.33. The van der Waals surface area contributed by atoms with Crippen LogP contribution in [0.4, 0.5) is 21.5 Å². The summed E-state index contributed by atoms with van der Waals surface area (Å²) in [6, 6.07) is 10.6. The number of para-hydroxylation sites is 1. The first-order valence-electron chi connectivity index (χ1n) is 5.03. The van der Waals surface area contributed by atoms with Gasteiger partial charge >= 0.3 is 0 Å². The van der Waals surface area contributed by atoms with E-state index in [2.05, 4.69) is 21.2 Å². The molecule has 0 aliphatic carbocycles. The smallest absolute Gasteiger partial charge is 0.274 e. The van der Waals surface area contributed by atoms with Gasteiger partial charge in [-0.1, -0.05) is 12.1 Å². The molecule has 0 fully saturated rings. The molecule has 0 heterocycles. The molecule has 0 saturated carbocycles. The van der Waals surface area contributed by atoms with Crippen molar-refractivity contribution in [2.45, 2.75) is 0 Å². The molecular weight excluding hydrogens is 303 g/mol. The maximum absolute atomic E-state index is 13.2. The Morgan fingerprint density at radius 2 is 1.94 bits per heavy atom. The average Bonchev–Trinajstić information content (AvgIpc) is 2.31. The van der Waals surface area contributed by atoms with E-state index in [0.717, 1.165) is 10.5 Å². The van der Waals surface area contributed by atoms with Crippen molar-refractivity contribution < 1.29 is 9.31 Å². The topological polar surface area (TPSA) is 55.2 Å². The van der Waals surface area contributed by atoms with Crippen molar-refractivity contribution in [1.82, 2.24) is 0 Å². The van der Waals surface area contributed by atoms with Crippen LogP contribution in [0.1, 0.15) is 0 Å². The van der Waals surface area contributed by atoms with Crippen molar-refractivity contribution >= 4 is 33.0 Å². The highest BCUT2D eigenvalue weighted by Gasteiger charge is 2.10. The van der Waals surface area contributed by atoms with Gasteiger partial charge < -0.3 is 5.32 Å². The van der Waals surface area contributed by atoms with Crippen LogP contribution in [-0.4, -0.2) is 4.92 Å². The summed E-state index contributed by atoms with van der Waals surface area (Å²) < 4.78 is 14.0. The van der Waals surface area contributed by atoms with Crippen LogP contribution in [-0.2, 0) is 0 Å². The number of nitro groups is 1. The minimum Gasteiger partial charge on any atom is -0.354 e. The number of hydrogen-bond acceptors (Lipinski definition) is 3. The number of benzene rings is 2. The quantitative estimate of drug-likeness (QED) is 0.681. The zero-order valence-corrected chi connectivity index (χ0v) is 10.6. The first-order chi connectivity index (χ1) is 8.56. The number of nitrogens with one attached hydrogen (secondary N) is 1. The highest BCUT2D eigenvalue weighted by molar-refractivity contribution is 9.10. The first kappa shape index (κ1) is 12.5. The van der Waals surface area contributed by atoms with Gasteiger partial charge in [0.25, 0.3) is 5.69 Å². The number of halogens is 2. The fourth-order valence-corrected chi connectivity index (χ4v) is 1.85. The number of anilines is 2. The van der Waals surface area contributed by atoms with Crippen LogP contribution in [0.5, 0.6) is 0 Å². The van der Waals surface area contributed by atoms with Crippen LogP contribution in [0.25, 0.3) is 0 Å². The zero-order valence-electron chi connectivity index (χ0n) is 9.06. The van der Waals surface area contributed by atoms with Crippen LogP contribution >= 0.6 is 15.9 Å². The van der Waals surface area contributed by atoms with E-state index in [1.807, 2.05) is 12.1 Å². The molecule has 2 aromatic carbocycles. The van der Waals surface area contributed by atoms with Crippen molar-refractivity contribution in [1.29, 1.82) is 0 Å². The van der Waals surface area contributed by atoms with Gasteiger partial charge in [0.05, 0.1) is 16.7 Å². The summed E-state index contributed by atoms with van der Waals surface area (Å²) in [6.45, 7) is 0. The minimum absolute atomic E-state index is 0.287. The monoisotopic (exact) mass is 310 g/mol. The molecular formula is C12H8BrFN2O2. The van der Waals surface area contributed by atoms with E-state index < -0.39 is 10.7 Å². The van der Waals surface area contributed by atoms with E-state index in [-0.39, 0.29) is 5.69 Å². The van der Waals surface area contributed by atoms with Gasteiger partial charge in [0.2, 0.25) is 0 Å². The summed E-state index contributed by atoms with van der Waals surface area (Å²) in [5, 5.41) is 13.5. The normalized spacial score (nSPS) is 10.1. The Bertz CT molecular complexity index is 604.